The van der Waals surface area contributed by atoms with Crippen LogP contribution in [0.2, 0.25) is 0 Å². The molecule has 1 aromatic carbocycles. The molecular weight excluding hydrogens is 274 g/mol. The average Bonchev–Trinajstić information content (AvgIpc) is 2.72. The second-order valence-corrected chi connectivity index (χ2v) is 7.55. The van der Waals surface area contributed by atoms with Gasteiger partial charge in [-0.3, -0.25) is 4.98 Å². The molecule has 2 heterocycles. The fourth-order valence-electron chi connectivity index (χ4n) is 2.62. The zero-order chi connectivity index (χ0) is 14.3. The molecule has 6 heteroatoms. The predicted molar refractivity (Wildman–Crippen MR) is 81.6 cm³/mol. The van der Waals surface area contributed by atoms with E-state index in [1.807, 2.05) is 25.1 Å². The number of fused-ring (bicyclic) bond motifs is 1. The summed E-state index contributed by atoms with van der Waals surface area (Å²) in [7, 11) is -2.88. The summed E-state index contributed by atoms with van der Waals surface area (Å²) in [5, 5.41) is 5.21. The molecule has 1 aromatic heterocycles. The number of pyridine rings is 1. The van der Waals surface area contributed by atoms with Crippen LogP contribution in [0.5, 0.6) is 0 Å². The number of sulfone groups is 1. The maximum Gasteiger partial charge on any atom is 0.152 e. The summed E-state index contributed by atoms with van der Waals surface area (Å²) in [4.78, 5) is 4.26. The van der Waals surface area contributed by atoms with Gasteiger partial charge >= 0.3 is 0 Å². The SMILES string of the molecule is Cc1cc2c(NC3CCS(=O)(=O)C3)ccc(N)c2cn1. The largest absolute Gasteiger partial charge is 0.398 e. The molecule has 1 aliphatic heterocycles. The monoisotopic (exact) mass is 291 g/mol. The van der Waals surface area contributed by atoms with Crippen LogP contribution in [0.1, 0.15) is 12.1 Å². The van der Waals surface area contributed by atoms with Gasteiger partial charge in [0.25, 0.3) is 0 Å². The Balaban J connectivity index is 2.00. The van der Waals surface area contributed by atoms with E-state index >= 15 is 0 Å². The number of hydrogen-bond donors (Lipinski definition) is 2. The Bertz CT molecular complexity index is 771. The number of hydrogen-bond acceptors (Lipinski definition) is 5. The maximum absolute atomic E-state index is 11.5. The Morgan fingerprint density at radius 1 is 1.35 bits per heavy atom. The van der Waals surface area contributed by atoms with Gasteiger partial charge in [-0.2, -0.15) is 0 Å². The van der Waals surface area contributed by atoms with Gasteiger partial charge in [-0.15, -0.1) is 0 Å². The molecule has 20 heavy (non-hydrogen) atoms. The van der Waals surface area contributed by atoms with Crippen LogP contribution < -0.4 is 11.1 Å². The smallest absolute Gasteiger partial charge is 0.152 e. The van der Waals surface area contributed by atoms with Crippen molar-refractivity contribution in [2.75, 3.05) is 22.6 Å². The summed E-state index contributed by atoms with van der Waals surface area (Å²) >= 11 is 0. The van der Waals surface area contributed by atoms with Crippen LogP contribution in [0.15, 0.2) is 24.4 Å². The predicted octanol–water partition coefficient (Wildman–Crippen LogP) is 1.72. The molecule has 1 fully saturated rings. The van der Waals surface area contributed by atoms with E-state index < -0.39 is 9.84 Å². The molecule has 1 atom stereocenters. The lowest BCUT2D eigenvalue weighted by Crippen LogP contribution is -2.20. The van der Waals surface area contributed by atoms with Gasteiger partial charge in [-0.25, -0.2) is 8.42 Å². The van der Waals surface area contributed by atoms with Crippen molar-refractivity contribution in [1.82, 2.24) is 4.98 Å². The maximum atomic E-state index is 11.5. The van der Waals surface area contributed by atoms with Crippen LogP contribution >= 0.6 is 0 Å². The molecule has 3 rings (SSSR count). The Kier molecular flexibility index (Phi) is 3.05. The summed E-state index contributed by atoms with van der Waals surface area (Å²) in [6.07, 6.45) is 2.41. The van der Waals surface area contributed by atoms with Gasteiger partial charge in [-0.05, 0) is 31.5 Å². The van der Waals surface area contributed by atoms with E-state index in [0.29, 0.717) is 12.1 Å². The highest BCUT2D eigenvalue weighted by Crippen LogP contribution is 2.30. The summed E-state index contributed by atoms with van der Waals surface area (Å²) in [5.41, 5.74) is 8.47. The molecule has 2 aromatic rings. The molecule has 0 bridgehead atoms. The zero-order valence-corrected chi connectivity index (χ0v) is 12.1. The molecule has 3 N–H and O–H groups in total. The summed E-state index contributed by atoms with van der Waals surface area (Å²) < 4.78 is 23.1. The van der Waals surface area contributed by atoms with Crippen LogP contribution in [-0.4, -0.2) is 30.9 Å². The first-order valence-electron chi connectivity index (χ1n) is 6.56. The second-order valence-electron chi connectivity index (χ2n) is 5.32. The van der Waals surface area contributed by atoms with Crippen molar-refractivity contribution in [1.29, 1.82) is 0 Å². The van der Waals surface area contributed by atoms with Crippen molar-refractivity contribution >= 4 is 32.0 Å². The third-order valence-electron chi connectivity index (χ3n) is 3.66. The van der Waals surface area contributed by atoms with Gasteiger partial charge < -0.3 is 11.1 Å². The van der Waals surface area contributed by atoms with E-state index in [1.54, 1.807) is 6.20 Å². The van der Waals surface area contributed by atoms with Crippen molar-refractivity contribution in [3.63, 3.8) is 0 Å². The molecule has 0 spiro atoms. The van der Waals surface area contributed by atoms with Crippen LogP contribution in [-0.2, 0) is 9.84 Å². The normalized spacial score (nSPS) is 21.1. The molecule has 1 unspecified atom stereocenters. The second kappa shape index (κ2) is 4.63. The topological polar surface area (TPSA) is 85.1 Å². The van der Waals surface area contributed by atoms with Gasteiger partial charge in [0.05, 0.1) is 11.5 Å². The Hall–Kier alpha value is -1.82. The van der Waals surface area contributed by atoms with Crippen molar-refractivity contribution in [2.24, 2.45) is 0 Å². The highest BCUT2D eigenvalue weighted by Gasteiger charge is 2.28. The highest BCUT2D eigenvalue weighted by molar-refractivity contribution is 7.91. The summed E-state index contributed by atoms with van der Waals surface area (Å²) in [5.74, 6) is 0.459. The van der Waals surface area contributed by atoms with Gasteiger partial charge in [-0.1, -0.05) is 0 Å². The minimum atomic E-state index is -2.88. The number of anilines is 2. The lowest BCUT2D eigenvalue weighted by molar-refractivity contribution is 0.602. The van der Waals surface area contributed by atoms with Gasteiger partial charge in [0.2, 0.25) is 0 Å². The van der Waals surface area contributed by atoms with E-state index in [4.69, 9.17) is 5.73 Å². The van der Waals surface area contributed by atoms with Crippen LogP contribution in [0.4, 0.5) is 11.4 Å². The zero-order valence-electron chi connectivity index (χ0n) is 11.3. The van der Waals surface area contributed by atoms with Crippen molar-refractivity contribution in [3.05, 3.63) is 30.1 Å². The molecule has 5 nitrogen and oxygen atoms in total. The van der Waals surface area contributed by atoms with Crippen LogP contribution in [0, 0.1) is 6.92 Å². The first-order valence-corrected chi connectivity index (χ1v) is 8.38. The van der Waals surface area contributed by atoms with Crippen molar-refractivity contribution in [2.45, 2.75) is 19.4 Å². The molecule has 0 saturated carbocycles. The lowest BCUT2D eigenvalue weighted by atomic mass is 10.1. The first-order chi connectivity index (χ1) is 9.44. The Labute approximate surface area is 118 Å². The minimum Gasteiger partial charge on any atom is -0.398 e. The number of aromatic nitrogens is 1. The number of benzene rings is 1. The van der Waals surface area contributed by atoms with E-state index in [9.17, 15) is 8.42 Å². The van der Waals surface area contributed by atoms with Crippen molar-refractivity contribution < 1.29 is 8.42 Å². The highest BCUT2D eigenvalue weighted by atomic mass is 32.2. The van der Waals surface area contributed by atoms with Gasteiger partial charge in [0, 0.05) is 40.1 Å². The van der Waals surface area contributed by atoms with E-state index in [0.717, 1.165) is 22.2 Å². The summed E-state index contributed by atoms with van der Waals surface area (Å²) in [6, 6.07) is 5.67. The minimum absolute atomic E-state index is 0.0275. The molecule has 0 aliphatic carbocycles. The van der Waals surface area contributed by atoms with Crippen LogP contribution in [0.25, 0.3) is 10.8 Å². The Morgan fingerprint density at radius 2 is 2.15 bits per heavy atom. The number of nitrogens with two attached hydrogens (primary N) is 1. The molecule has 0 radical (unpaired) electrons. The molecule has 106 valence electrons. The number of rotatable bonds is 2. The van der Waals surface area contributed by atoms with Crippen molar-refractivity contribution in [3.8, 4) is 0 Å². The van der Waals surface area contributed by atoms with E-state index in [1.165, 1.54) is 0 Å². The number of aryl methyl sites for hydroxylation is 1. The standard InChI is InChI=1S/C14H17N3O2S/c1-9-6-11-12(7-16-9)13(15)2-3-14(11)17-10-4-5-20(18,19)8-10/h2-3,6-7,10,17H,4-5,8,15H2,1H3. The third-order valence-corrected chi connectivity index (χ3v) is 5.43. The van der Waals surface area contributed by atoms with E-state index in [-0.39, 0.29) is 17.5 Å². The fraction of sp³-hybridized carbons (Fsp3) is 0.357. The lowest BCUT2D eigenvalue weighted by Gasteiger charge is -2.15. The Morgan fingerprint density at radius 3 is 2.85 bits per heavy atom. The van der Waals surface area contributed by atoms with E-state index in [2.05, 4.69) is 10.3 Å². The fourth-order valence-corrected chi connectivity index (χ4v) is 4.29. The average molecular weight is 291 g/mol. The molecule has 1 saturated heterocycles. The molecular formula is C14H17N3O2S. The quantitative estimate of drug-likeness (QED) is 0.823. The molecule has 0 amide bonds. The first kappa shape index (κ1) is 13.2. The van der Waals surface area contributed by atoms with Gasteiger partial charge in [0.1, 0.15) is 0 Å². The molecule has 1 aliphatic rings. The third kappa shape index (κ3) is 2.43. The number of nitrogen functional groups attached to an aromatic ring is 1. The number of nitrogens with one attached hydrogen (secondary N) is 1. The van der Waals surface area contributed by atoms with Gasteiger partial charge in [0.15, 0.2) is 9.84 Å². The number of nitrogens with zero attached hydrogens (tertiary/aromatic N) is 1. The van der Waals surface area contributed by atoms with Crippen LogP contribution in [0.3, 0.4) is 0 Å². The summed E-state index contributed by atoms with van der Waals surface area (Å²) in [6.45, 7) is 1.92.